The standard InChI is InChI=1S/C11H11NO/c12-8-10-13-9-4-7-11-5-2-1-3-6-11/h1-7H,9-10H2. The number of ether oxygens (including phenoxy) is 1. The molecule has 0 heterocycles. The molecule has 0 bridgehead atoms. The first-order valence-corrected chi connectivity index (χ1v) is 4.10. The van der Waals surface area contributed by atoms with Crippen LogP contribution in [0.3, 0.4) is 0 Å². The summed E-state index contributed by atoms with van der Waals surface area (Å²) in [4.78, 5) is 0. The van der Waals surface area contributed by atoms with Gasteiger partial charge in [0.05, 0.1) is 12.7 Å². The fourth-order valence-corrected chi connectivity index (χ4v) is 0.921. The molecule has 0 aromatic heterocycles. The summed E-state index contributed by atoms with van der Waals surface area (Å²) in [7, 11) is 0. The van der Waals surface area contributed by atoms with Crippen LogP contribution in [0.5, 0.6) is 0 Å². The Labute approximate surface area is 78.1 Å². The van der Waals surface area contributed by atoms with Gasteiger partial charge in [0.1, 0.15) is 6.61 Å². The monoisotopic (exact) mass is 173 g/mol. The van der Waals surface area contributed by atoms with Crippen LogP contribution in [-0.4, -0.2) is 13.2 Å². The van der Waals surface area contributed by atoms with Crippen LogP contribution in [0.1, 0.15) is 5.56 Å². The van der Waals surface area contributed by atoms with E-state index in [1.54, 1.807) is 0 Å². The lowest BCUT2D eigenvalue weighted by atomic mass is 10.2. The van der Waals surface area contributed by atoms with E-state index in [9.17, 15) is 0 Å². The molecule has 66 valence electrons. The van der Waals surface area contributed by atoms with Crippen molar-refractivity contribution in [2.24, 2.45) is 0 Å². The van der Waals surface area contributed by atoms with E-state index in [2.05, 4.69) is 0 Å². The second kappa shape index (κ2) is 5.99. The fraction of sp³-hybridized carbons (Fsp3) is 0.182. The first-order chi connectivity index (χ1) is 6.43. The molecule has 0 radical (unpaired) electrons. The molecular formula is C11H11NO. The van der Waals surface area contributed by atoms with Gasteiger partial charge < -0.3 is 4.74 Å². The van der Waals surface area contributed by atoms with Crippen molar-refractivity contribution in [3.63, 3.8) is 0 Å². The lowest BCUT2D eigenvalue weighted by Crippen LogP contribution is -1.89. The van der Waals surface area contributed by atoms with Gasteiger partial charge in [-0.1, -0.05) is 42.5 Å². The largest absolute Gasteiger partial charge is 0.362 e. The Hall–Kier alpha value is -1.59. The molecule has 1 rings (SSSR count). The first kappa shape index (κ1) is 9.50. The van der Waals surface area contributed by atoms with Gasteiger partial charge >= 0.3 is 0 Å². The SMILES string of the molecule is N#CCOCC=Cc1ccccc1. The van der Waals surface area contributed by atoms with Crippen LogP contribution in [0.25, 0.3) is 6.08 Å². The first-order valence-electron chi connectivity index (χ1n) is 4.10. The van der Waals surface area contributed by atoms with Crippen LogP contribution >= 0.6 is 0 Å². The maximum atomic E-state index is 8.18. The minimum absolute atomic E-state index is 0.152. The Morgan fingerprint density at radius 1 is 1.31 bits per heavy atom. The van der Waals surface area contributed by atoms with Gasteiger partial charge in [-0.25, -0.2) is 0 Å². The predicted molar refractivity (Wildman–Crippen MR) is 51.9 cm³/mol. The summed E-state index contributed by atoms with van der Waals surface area (Å²) in [5.41, 5.74) is 1.14. The van der Waals surface area contributed by atoms with E-state index in [1.165, 1.54) is 0 Å². The van der Waals surface area contributed by atoms with Crippen molar-refractivity contribution < 1.29 is 4.74 Å². The van der Waals surface area contributed by atoms with E-state index < -0.39 is 0 Å². The molecule has 2 heteroatoms. The second-order valence-corrected chi connectivity index (χ2v) is 2.49. The van der Waals surface area contributed by atoms with Crippen LogP contribution in [-0.2, 0) is 4.74 Å². The normalized spacial score (nSPS) is 10.1. The summed E-state index contributed by atoms with van der Waals surface area (Å²) in [6, 6.07) is 11.9. The number of nitriles is 1. The highest BCUT2D eigenvalue weighted by atomic mass is 16.5. The highest BCUT2D eigenvalue weighted by molar-refractivity contribution is 5.48. The van der Waals surface area contributed by atoms with E-state index in [-0.39, 0.29) is 6.61 Å². The van der Waals surface area contributed by atoms with Crippen LogP contribution in [0.15, 0.2) is 36.4 Å². The summed E-state index contributed by atoms with van der Waals surface area (Å²) >= 11 is 0. The predicted octanol–water partition coefficient (Wildman–Crippen LogP) is 2.24. The number of nitrogens with zero attached hydrogens (tertiary/aromatic N) is 1. The Bertz CT molecular complexity index is 298. The van der Waals surface area contributed by atoms with Gasteiger partial charge in [-0.05, 0) is 5.56 Å². The lowest BCUT2D eigenvalue weighted by Gasteiger charge is -1.92. The van der Waals surface area contributed by atoms with Crippen LogP contribution in [0, 0.1) is 11.3 Å². The van der Waals surface area contributed by atoms with E-state index >= 15 is 0 Å². The van der Waals surface area contributed by atoms with Crippen molar-refractivity contribution >= 4 is 6.08 Å². The average molecular weight is 173 g/mol. The molecule has 1 aromatic carbocycles. The molecule has 0 atom stereocenters. The topological polar surface area (TPSA) is 33.0 Å². The van der Waals surface area contributed by atoms with Crippen LogP contribution in [0.4, 0.5) is 0 Å². The molecule has 0 unspecified atom stereocenters. The average Bonchev–Trinajstić information content (AvgIpc) is 2.19. The molecule has 0 saturated carbocycles. The highest BCUT2D eigenvalue weighted by Gasteiger charge is 1.82. The van der Waals surface area contributed by atoms with Crippen LogP contribution < -0.4 is 0 Å². The van der Waals surface area contributed by atoms with Crippen LogP contribution in [0.2, 0.25) is 0 Å². The van der Waals surface area contributed by atoms with Gasteiger partial charge in [0.2, 0.25) is 0 Å². The molecule has 0 spiro atoms. The molecule has 0 aliphatic rings. The minimum atomic E-state index is 0.152. The third kappa shape index (κ3) is 4.09. The van der Waals surface area contributed by atoms with E-state index in [1.807, 2.05) is 48.6 Å². The molecule has 0 aliphatic heterocycles. The zero-order valence-electron chi connectivity index (χ0n) is 7.31. The highest BCUT2D eigenvalue weighted by Crippen LogP contribution is 2.00. The number of hydrogen-bond donors (Lipinski definition) is 0. The zero-order valence-corrected chi connectivity index (χ0v) is 7.31. The van der Waals surface area contributed by atoms with E-state index in [0.717, 1.165) is 5.56 Å². The molecular weight excluding hydrogens is 162 g/mol. The fourth-order valence-electron chi connectivity index (χ4n) is 0.921. The van der Waals surface area contributed by atoms with Gasteiger partial charge in [0.15, 0.2) is 0 Å². The molecule has 0 N–H and O–H groups in total. The van der Waals surface area contributed by atoms with Gasteiger partial charge in [0, 0.05) is 0 Å². The Balaban J connectivity index is 2.29. The zero-order chi connectivity index (χ0) is 9.36. The van der Waals surface area contributed by atoms with E-state index in [4.69, 9.17) is 10.00 Å². The Kier molecular flexibility index (Phi) is 4.37. The molecule has 0 saturated heterocycles. The maximum absolute atomic E-state index is 8.18. The van der Waals surface area contributed by atoms with Crippen molar-refractivity contribution in [2.75, 3.05) is 13.2 Å². The van der Waals surface area contributed by atoms with E-state index in [0.29, 0.717) is 6.61 Å². The van der Waals surface area contributed by atoms with Crippen molar-refractivity contribution in [3.05, 3.63) is 42.0 Å². The number of hydrogen-bond acceptors (Lipinski definition) is 2. The molecule has 0 aliphatic carbocycles. The lowest BCUT2D eigenvalue weighted by molar-refractivity contribution is 0.198. The molecule has 0 fully saturated rings. The quantitative estimate of drug-likeness (QED) is 0.654. The van der Waals surface area contributed by atoms with Gasteiger partial charge in [-0.3, -0.25) is 0 Å². The van der Waals surface area contributed by atoms with Gasteiger partial charge in [0.25, 0.3) is 0 Å². The Morgan fingerprint density at radius 2 is 2.08 bits per heavy atom. The summed E-state index contributed by atoms with van der Waals surface area (Å²) < 4.78 is 4.96. The third-order valence-corrected chi connectivity index (χ3v) is 1.49. The smallest absolute Gasteiger partial charge is 0.134 e. The van der Waals surface area contributed by atoms with Crippen molar-refractivity contribution in [2.45, 2.75) is 0 Å². The molecule has 0 amide bonds. The van der Waals surface area contributed by atoms with Crippen molar-refractivity contribution in [3.8, 4) is 6.07 Å². The van der Waals surface area contributed by atoms with Gasteiger partial charge in [-0.2, -0.15) is 5.26 Å². The summed E-state index contributed by atoms with van der Waals surface area (Å²) in [6.07, 6.45) is 3.87. The molecule has 13 heavy (non-hydrogen) atoms. The van der Waals surface area contributed by atoms with Gasteiger partial charge in [-0.15, -0.1) is 0 Å². The summed E-state index contributed by atoms with van der Waals surface area (Å²) in [6.45, 7) is 0.640. The maximum Gasteiger partial charge on any atom is 0.134 e. The number of rotatable bonds is 4. The van der Waals surface area contributed by atoms with Crippen molar-refractivity contribution in [1.82, 2.24) is 0 Å². The second-order valence-electron chi connectivity index (χ2n) is 2.49. The minimum Gasteiger partial charge on any atom is -0.362 e. The Morgan fingerprint density at radius 3 is 2.77 bits per heavy atom. The third-order valence-electron chi connectivity index (χ3n) is 1.49. The molecule has 2 nitrogen and oxygen atoms in total. The molecule has 1 aromatic rings. The van der Waals surface area contributed by atoms with Crippen molar-refractivity contribution in [1.29, 1.82) is 5.26 Å². The summed E-state index contributed by atoms with van der Waals surface area (Å²) in [5, 5.41) is 8.18. The summed E-state index contributed by atoms with van der Waals surface area (Å²) in [5.74, 6) is 0. The number of benzene rings is 1.